The largest absolute Gasteiger partial charge is 0.358 e. The molecule has 6 aromatic rings. The summed E-state index contributed by atoms with van der Waals surface area (Å²) in [6, 6.07) is 12.2. The summed E-state index contributed by atoms with van der Waals surface area (Å²) in [6.45, 7) is 4.20. The van der Waals surface area contributed by atoms with Crippen molar-refractivity contribution in [3.8, 4) is 33.9 Å². The predicted molar refractivity (Wildman–Crippen MR) is 146 cm³/mol. The first-order valence-electron chi connectivity index (χ1n) is 12.5. The number of pyridine rings is 3. The van der Waals surface area contributed by atoms with Gasteiger partial charge < -0.3 is 10.3 Å². The first-order valence-corrected chi connectivity index (χ1v) is 12.5. The zero-order valence-corrected chi connectivity index (χ0v) is 20.4. The predicted octanol–water partition coefficient (Wildman–Crippen LogP) is 6.49. The number of aromatic amines is 2. The van der Waals surface area contributed by atoms with Crippen LogP contribution in [0, 0.1) is 11.7 Å². The number of H-pyrrole nitrogens is 2. The van der Waals surface area contributed by atoms with E-state index < -0.39 is 0 Å². The summed E-state index contributed by atoms with van der Waals surface area (Å²) in [6.07, 6.45) is 10.7. The molecule has 38 heavy (non-hydrogen) atoms. The normalized spacial score (nSPS) is 13.6. The Hall–Kier alpha value is -4.92. The molecule has 0 spiro atoms. The van der Waals surface area contributed by atoms with Gasteiger partial charge in [0.1, 0.15) is 11.3 Å². The van der Waals surface area contributed by atoms with Crippen LogP contribution >= 0.6 is 0 Å². The average Bonchev–Trinajstić information content (AvgIpc) is 3.52. The van der Waals surface area contributed by atoms with Gasteiger partial charge in [0.2, 0.25) is 0 Å². The van der Waals surface area contributed by atoms with Crippen LogP contribution in [0.3, 0.4) is 0 Å². The SMILES string of the molecule is C=C(Nc1cncc(-c2ccc3[nH]nc(-c4nc5c(-c6ccc(F)cc6)cncc5[nH]4)c3n2)c1)C1CCC1. The van der Waals surface area contributed by atoms with Crippen molar-refractivity contribution in [2.24, 2.45) is 5.92 Å². The number of halogens is 1. The molecule has 1 aliphatic rings. The molecule has 0 radical (unpaired) electrons. The van der Waals surface area contributed by atoms with Gasteiger partial charge in [-0.25, -0.2) is 14.4 Å². The minimum Gasteiger partial charge on any atom is -0.358 e. The molecule has 1 fully saturated rings. The van der Waals surface area contributed by atoms with Gasteiger partial charge in [0.25, 0.3) is 0 Å². The van der Waals surface area contributed by atoms with Gasteiger partial charge in [-0.1, -0.05) is 25.1 Å². The summed E-state index contributed by atoms with van der Waals surface area (Å²) in [4.78, 5) is 21.8. The summed E-state index contributed by atoms with van der Waals surface area (Å²) in [5.74, 6) is 0.808. The maximum absolute atomic E-state index is 13.5. The van der Waals surface area contributed by atoms with E-state index in [0.29, 0.717) is 23.0 Å². The average molecular weight is 503 g/mol. The quantitative estimate of drug-likeness (QED) is 0.240. The van der Waals surface area contributed by atoms with Crippen molar-refractivity contribution < 1.29 is 4.39 Å². The number of fused-ring (bicyclic) bond motifs is 2. The highest BCUT2D eigenvalue weighted by atomic mass is 19.1. The lowest BCUT2D eigenvalue weighted by Crippen LogP contribution is -2.18. The molecule has 8 nitrogen and oxygen atoms in total. The molecular formula is C29H23FN8. The Balaban J connectivity index is 1.26. The standard InChI is InChI=1S/C29H23FN8/c1-16(17-3-2-4-17)33-21-11-19(12-31-13-21)23-9-10-24-27(34-23)28(38-37-24)29-35-25-15-32-14-22(26(25)36-29)18-5-7-20(30)8-6-18/h5-15,17,33H,1-4H2,(H,35,36)(H,37,38). The van der Waals surface area contributed by atoms with Crippen molar-refractivity contribution in [3.63, 3.8) is 0 Å². The van der Waals surface area contributed by atoms with E-state index in [9.17, 15) is 4.39 Å². The van der Waals surface area contributed by atoms with Crippen molar-refractivity contribution >= 4 is 27.8 Å². The number of benzene rings is 1. The minimum absolute atomic E-state index is 0.290. The lowest BCUT2D eigenvalue weighted by molar-refractivity contribution is 0.371. The lowest BCUT2D eigenvalue weighted by Gasteiger charge is -2.28. The second-order valence-electron chi connectivity index (χ2n) is 9.58. The van der Waals surface area contributed by atoms with Crippen LogP contribution in [0.4, 0.5) is 10.1 Å². The van der Waals surface area contributed by atoms with E-state index >= 15 is 0 Å². The maximum Gasteiger partial charge on any atom is 0.161 e. The Morgan fingerprint density at radius 3 is 2.55 bits per heavy atom. The minimum atomic E-state index is -0.290. The van der Waals surface area contributed by atoms with Gasteiger partial charge in [0.15, 0.2) is 11.5 Å². The highest BCUT2D eigenvalue weighted by Gasteiger charge is 2.21. The second-order valence-corrected chi connectivity index (χ2v) is 9.58. The van der Waals surface area contributed by atoms with Crippen LogP contribution in [-0.4, -0.2) is 35.1 Å². The zero-order valence-electron chi connectivity index (χ0n) is 20.4. The molecule has 9 heteroatoms. The van der Waals surface area contributed by atoms with Crippen molar-refractivity contribution in [2.45, 2.75) is 19.3 Å². The number of rotatable bonds is 6. The highest BCUT2D eigenvalue weighted by Crippen LogP contribution is 2.34. The van der Waals surface area contributed by atoms with Crippen LogP contribution < -0.4 is 5.32 Å². The molecule has 186 valence electrons. The fraction of sp³-hybridized carbons (Fsp3) is 0.138. The Morgan fingerprint density at radius 2 is 1.74 bits per heavy atom. The summed E-state index contributed by atoms with van der Waals surface area (Å²) in [5.41, 5.74) is 8.79. The van der Waals surface area contributed by atoms with Crippen LogP contribution in [0.2, 0.25) is 0 Å². The van der Waals surface area contributed by atoms with Gasteiger partial charge in [-0.05, 0) is 54.7 Å². The molecule has 5 aromatic heterocycles. The Labute approximate surface area is 217 Å². The van der Waals surface area contributed by atoms with Crippen molar-refractivity contribution in [3.05, 3.63) is 85.3 Å². The fourth-order valence-corrected chi connectivity index (χ4v) is 4.80. The van der Waals surface area contributed by atoms with E-state index in [0.717, 1.165) is 50.3 Å². The number of nitrogens with one attached hydrogen (secondary N) is 3. The first-order chi connectivity index (χ1) is 18.6. The van der Waals surface area contributed by atoms with Gasteiger partial charge in [0.05, 0.1) is 40.3 Å². The van der Waals surface area contributed by atoms with Crippen LogP contribution in [0.25, 0.3) is 56.0 Å². The second kappa shape index (κ2) is 8.88. The van der Waals surface area contributed by atoms with Gasteiger partial charge in [0, 0.05) is 29.2 Å². The van der Waals surface area contributed by atoms with Gasteiger partial charge in [-0.2, -0.15) is 5.10 Å². The summed E-state index contributed by atoms with van der Waals surface area (Å²) < 4.78 is 13.5. The Bertz CT molecular complexity index is 1810. The molecule has 1 saturated carbocycles. The number of nitrogens with zero attached hydrogens (tertiary/aromatic N) is 5. The van der Waals surface area contributed by atoms with E-state index in [4.69, 9.17) is 9.97 Å². The van der Waals surface area contributed by atoms with E-state index in [1.54, 1.807) is 36.9 Å². The monoisotopic (exact) mass is 502 g/mol. The zero-order chi connectivity index (χ0) is 25.6. The number of aromatic nitrogens is 7. The molecule has 0 bridgehead atoms. The van der Waals surface area contributed by atoms with Crippen molar-refractivity contribution in [2.75, 3.05) is 5.32 Å². The summed E-state index contributed by atoms with van der Waals surface area (Å²) >= 11 is 0. The fourth-order valence-electron chi connectivity index (χ4n) is 4.80. The number of anilines is 1. The molecule has 0 atom stereocenters. The molecule has 3 N–H and O–H groups in total. The Morgan fingerprint density at radius 1 is 0.895 bits per heavy atom. The smallest absolute Gasteiger partial charge is 0.161 e. The Kier molecular flexibility index (Phi) is 5.21. The van der Waals surface area contributed by atoms with Gasteiger partial charge in [-0.3, -0.25) is 15.1 Å². The molecule has 0 unspecified atom stereocenters. The first kappa shape index (κ1) is 22.3. The van der Waals surface area contributed by atoms with Crippen LogP contribution in [0.1, 0.15) is 19.3 Å². The third-order valence-corrected chi connectivity index (χ3v) is 7.12. The number of imidazole rings is 1. The van der Waals surface area contributed by atoms with Crippen molar-refractivity contribution in [1.82, 2.24) is 35.1 Å². The number of allylic oxidation sites excluding steroid dienone is 1. The van der Waals surface area contributed by atoms with Gasteiger partial charge >= 0.3 is 0 Å². The van der Waals surface area contributed by atoms with E-state index in [2.05, 4.69) is 37.0 Å². The molecule has 0 saturated heterocycles. The topological polar surface area (TPSA) is 108 Å². The molecular weight excluding hydrogens is 479 g/mol. The number of hydrogen-bond donors (Lipinski definition) is 3. The molecule has 1 aliphatic carbocycles. The number of hydrogen-bond acceptors (Lipinski definition) is 6. The van der Waals surface area contributed by atoms with Crippen LogP contribution in [-0.2, 0) is 0 Å². The third-order valence-electron chi connectivity index (χ3n) is 7.12. The van der Waals surface area contributed by atoms with E-state index in [1.807, 2.05) is 18.2 Å². The van der Waals surface area contributed by atoms with Gasteiger partial charge in [-0.15, -0.1) is 0 Å². The highest BCUT2D eigenvalue weighted by molar-refractivity contribution is 5.95. The van der Waals surface area contributed by atoms with Crippen LogP contribution in [0.5, 0.6) is 0 Å². The van der Waals surface area contributed by atoms with Crippen LogP contribution in [0.15, 0.2) is 79.5 Å². The summed E-state index contributed by atoms with van der Waals surface area (Å²) in [5, 5.41) is 11.0. The maximum atomic E-state index is 13.5. The molecule has 0 aliphatic heterocycles. The molecule has 7 rings (SSSR count). The van der Waals surface area contributed by atoms with E-state index in [1.165, 1.54) is 31.4 Å². The molecule has 5 heterocycles. The van der Waals surface area contributed by atoms with E-state index in [-0.39, 0.29) is 5.82 Å². The lowest BCUT2D eigenvalue weighted by atomic mass is 9.83. The molecule has 0 amide bonds. The van der Waals surface area contributed by atoms with Crippen molar-refractivity contribution in [1.29, 1.82) is 0 Å². The summed E-state index contributed by atoms with van der Waals surface area (Å²) in [7, 11) is 0. The third kappa shape index (κ3) is 3.88. The molecule has 1 aromatic carbocycles.